The summed E-state index contributed by atoms with van der Waals surface area (Å²) >= 11 is 0. The van der Waals surface area contributed by atoms with Crippen LogP contribution in [0.1, 0.15) is 24.9 Å². The normalized spacial score (nSPS) is 28.6. The number of hydrogen-bond donors (Lipinski definition) is 1. The summed E-state index contributed by atoms with van der Waals surface area (Å²) in [7, 11) is -3.14. The van der Waals surface area contributed by atoms with Gasteiger partial charge in [-0.25, -0.2) is 12.8 Å². The first-order valence-corrected chi connectivity index (χ1v) is 7.41. The van der Waals surface area contributed by atoms with E-state index in [0.29, 0.717) is 18.5 Å². The maximum Gasteiger partial charge on any atom is 0.154 e. The summed E-state index contributed by atoms with van der Waals surface area (Å²) in [6, 6.07) is 5.88. The van der Waals surface area contributed by atoms with Gasteiger partial charge >= 0.3 is 0 Å². The molecule has 1 aromatic carbocycles. The van der Waals surface area contributed by atoms with Gasteiger partial charge in [-0.1, -0.05) is 18.2 Å². The van der Waals surface area contributed by atoms with E-state index in [2.05, 4.69) is 5.32 Å². The van der Waals surface area contributed by atoms with Gasteiger partial charge in [0.15, 0.2) is 9.84 Å². The molecule has 0 amide bonds. The van der Waals surface area contributed by atoms with Crippen LogP contribution in [-0.2, 0) is 9.84 Å². The zero-order valence-electron chi connectivity index (χ0n) is 9.69. The molecule has 17 heavy (non-hydrogen) atoms. The third-order valence-corrected chi connectivity index (χ3v) is 5.49. The van der Waals surface area contributed by atoms with Crippen LogP contribution < -0.4 is 5.32 Å². The van der Waals surface area contributed by atoms with Crippen LogP contribution in [0.2, 0.25) is 0 Å². The van der Waals surface area contributed by atoms with Crippen LogP contribution >= 0.6 is 0 Å². The second-order valence-corrected chi connectivity index (χ2v) is 6.92. The first-order valence-electron chi connectivity index (χ1n) is 5.70. The van der Waals surface area contributed by atoms with Crippen LogP contribution in [0.4, 0.5) is 4.39 Å². The molecule has 2 atom stereocenters. The molecule has 1 saturated heterocycles. The first kappa shape index (κ1) is 12.5. The van der Waals surface area contributed by atoms with Crippen molar-refractivity contribution in [3.63, 3.8) is 0 Å². The summed E-state index contributed by atoms with van der Waals surface area (Å²) in [4.78, 5) is 0. The maximum absolute atomic E-state index is 13.6. The average Bonchev–Trinajstić information content (AvgIpc) is 2.39. The van der Waals surface area contributed by atoms with Gasteiger partial charge in [0, 0.05) is 11.6 Å². The monoisotopic (exact) mass is 257 g/mol. The highest BCUT2D eigenvalue weighted by atomic mass is 32.2. The second-order valence-electron chi connectivity index (χ2n) is 4.46. The highest BCUT2D eigenvalue weighted by Gasteiger charge is 2.30. The number of halogens is 1. The lowest BCUT2D eigenvalue weighted by Crippen LogP contribution is -2.26. The van der Waals surface area contributed by atoms with Gasteiger partial charge in [0.2, 0.25) is 0 Å². The Balaban J connectivity index is 2.31. The Morgan fingerprint density at radius 3 is 2.76 bits per heavy atom. The number of hydrogen-bond acceptors (Lipinski definition) is 3. The average molecular weight is 257 g/mol. The Morgan fingerprint density at radius 2 is 2.06 bits per heavy atom. The number of nitrogens with one attached hydrogen (secondary N) is 1. The topological polar surface area (TPSA) is 46.2 Å². The summed E-state index contributed by atoms with van der Waals surface area (Å²) in [6.07, 6.45) is 0.577. The molecule has 0 aromatic heterocycles. The van der Waals surface area contributed by atoms with Crippen molar-refractivity contribution in [2.45, 2.75) is 24.6 Å². The van der Waals surface area contributed by atoms with Gasteiger partial charge in [-0.05, 0) is 26.0 Å². The molecule has 2 rings (SSSR count). The van der Waals surface area contributed by atoms with Crippen molar-refractivity contribution >= 4 is 9.84 Å². The Labute approximate surface area is 101 Å². The van der Waals surface area contributed by atoms with Gasteiger partial charge in [-0.15, -0.1) is 0 Å². The Bertz CT molecular complexity index is 501. The first-order chi connectivity index (χ1) is 8.00. The van der Waals surface area contributed by atoms with Gasteiger partial charge < -0.3 is 5.32 Å². The van der Waals surface area contributed by atoms with Gasteiger partial charge in [-0.2, -0.15) is 0 Å². The SMILES string of the molecule is CC1CCNC(c2ccccc2F)CS1(=O)=O. The van der Waals surface area contributed by atoms with Gasteiger partial charge in [0.25, 0.3) is 0 Å². The summed E-state index contributed by atoms with van der Waals surface area (Å²) in [6.45, 7) is 2.31. The largest absolute Gasteiger partial charge is 0.309 e. The zero-order chi connectivity index (χ0) is 12.5. The van der Waals surface area contributed by atoms with Crippen molar-refractivity contribution in [1.29, 1.82) is 0 Å². The minimum Gasteiger partial charge on any atom is -0.309 e. The highest BCUT2D eigenvalue weighted by molar-refractivity contribution is 7.92. The van der Waals surface area contributed by atoms with Crippen LogP contribution in [0, 0.1) is 5.82 Å². The molecule has 3 nitrogen and oxygen atoms in total. The molecule has 0 saturated carbocycles. The van der Waals surface area contributed by atoms with E-state index in [1.54, 1.807) is 25.1 Å². The lowest BCUT2D eigenvalue weighted by atomic mass is 10.1. The summed E-state index contributed by atoms with van der Waals surface area (Å²) in [5.41, 5.74) is 0.435. The van der Waals surface area contributed by atoms with Crippen molar-refractivity contribution in [2.75, 3.05) is 12.3 Å². The fraction of sp³-hybridized carbons (Fsp3) is 0.500. The number of sulfone groups is 1. The minimum absolute atomic E-state index is 0.0326. The molecule has 5 heteroatoms. The van der Waals surface area contributed by atoms with E-state index in [4.69, 9.17) is 0 Å². The van der Waals surface area contributed by atoms with Crippen molar-refractivity contribution < 1.29 is 12.8 Å². The summed E-state index contributed by atoms with van der Waals surface area (Å²) in [5, 5.41) is 2.75. The molecule has 0 bridgehead atoms. The van der Waals surface area contributed by atoms with Crippen molar-refractivity contribution in [3.05, 3.63) is 35.6 Å². The molecule has 0 aliphatic carbocycles. The van der Waals surface area contributed by atoms with Gasteiger partial charge in [0.1, 0.15) is 5.82 Å². The van der Waals surface area contributed by atoms with Crippen molar-refractivity contribution in [3.8, 4) is 0 Å². The van der Waals surface area contributed by atoms with E-state index in [9.17, 15) is 12.8 Å². The molecule has 1 aliphatic heterocycles. The predicted octanol–water partition coefficient (Wildman–Crippen LogP) is 1.66. The summed E-state index contributed by atoms with van der Waals surface area (Å²) in [5.74, 6) is -0.385. The lowest BCUT2D eigenvalue weighted by molar-refractivity contribution is 0.532. The molecule has 1 aromatic rings. The minimum atomic E-state index is -3.14. The van der Waals surface area contributed by atoms with Crippen LogP contribution in [-0.4, -0.2) is 26.0 Å². The molecule has 1 aliphatic rings. The molecular formula is C12H16FNO2S. The predicted molar refractivity (Wildman–Crippen MR) is 65.0 cm³/mol. The Morgan fingerprint density at radius 1 is 1.35 bits per heavy atom. The van der Waals surface area contributed by atoms with E-state index >= 15 is 0 Å². The summed E-state index contributed by atoms with van der Waals surface area (Å²) < 4.78 is 37.5. The van der Waals surface area contributed by atoms with E-state index in [1.165, 1.54) is 6.07 Å². The molecule has 94 valence electrons. The van der Waals surface area contributed by atoms with Crippen molar-refractivity contribution in [1.82, 2.24) is 5.32 Å². The third-order valence-electron chi connectivity index (χ3n) is 3.23. The van der Waals surface area contributed by atoms with Gasteiger partial charge in [-0.3, -0.25) is 0 Å². The molecule has 1 N–H and O–H groups in total. The zero-order valence-corrected chi connectivity index (χ0v) is 10.5. The Kier molecular flexibility index (Phi) is 3.49. The smallest absolute Gasteiger partial charge is 0.154 e. The quantitative estimate of drug-likeness (QED) is 0.832. The fourth-order valence-corrected chi connectivity index (χ4v) is 3.62. The molecule has 1 fully saturated rings. The lowest BCUT2D eigenvalue weighted by Gasteiger charge is -2.16. The molecule has 1 heterocycles. The molecule has 2 unspecified atom stereocenters. The number of benzene rings is 1. The highest BCUT2D eigenvalue weighted by Crippen LogP contribution is 2.23. The third kappa shape index (κ3) is 2.66. The number of rotatable bonds is 1. The van der Waals surface area contributed by atoms with E-state index in [1.807, 2.05) is 0 Å². The van der Waals surface area contributed by atoms with E-state index < -0.39 is 15.9 Å². The fourth-order valence-electron chi connectivity index (χ4n) is 2.05. The van der Waals surface area contributed by atoms with E-state index in [-0.39, 0.29) is 16.8 Å². The van der Waals surface area contributed by atoms with Crippen LogP contribution in [0.25, 0.3) is 0 Å². The molecule has 0 radical (unpaired) electrons. The van der Waals surface area contributed by atoms with Crippen LogP contribution in [0.15, 0.2) is 24.3 Å². The standard InChI is InChI=1S/C12H16FNO2S/c1-9-6-7-14-12(8-17(9,15)16)10-4-2-3-5-11(10)13/h2-5,9,12,14H,6-8H2,1H3. The van der Waals surface area contributed by atoms with Crippen molar-refractivity contribution in [2.24, 2.45) is 0 Å². The van der Waals surface area contributed by atoms with Crippen LogP contribution in [0.5, 0.6) is 0 Å². The molecule has 0 spiro atoms. The second kappa shape index (κ2) is 4.74. The van der Waals surface area contributed by atoms with Crippen LogP contribution in [0.3, 0.4) is 0 Å². The maximum atomic E-state index is 13.6. The molecular weight excluding hydrogens is 241 g/mol. The van der Waals surface area contributed by atoms with E-state index in [0.717, 1.165) is 0 Å². The Hall–Kier alpha value is -0.940. The van der Waals surface area contributed by atoms with Gasteiger partial charge in [0.05, 0.1) is 11.0 Å².